The molecule has 1 amide bonds. The van der Waals surface area contributed by atoms with E-state index in [0.29, 0.717) is 0 Å². The van der Waals surface area contributed by atoms with Gasteiger partial charge < -0.3 is 19.5 Å². The van der Waals surface area contributed by atoms with Crippen molar-refractivity contribution in [1.29, 1.82) is 0 Å². The third kappa shape index (κ3) is 7.15. The number of benzene rings is 1. The summed E-state index contributed by atoms with van der Waals surface area (Å²) < 4.78 is 15.6. The van der Waals surface area contributed by atoms with Crippen LogP contribution in [-0.4, -0.2) is 36.9 Å². The number of amides is 1. The van der Waals surface area contributed by atoms with Gasteiger partial charge in [0.05, 0.1) is 6.10 Å². The summed E-state index contributed by atoms with van der Waals surface area (Å²) in [6.07, 6.45) is -1.24. The van der Waals surface area contributed by atoms with Crippen LogP contribution in [-0.2, 0) is 25.6 Å². The number of hydrogen-bond donors (Lipinski definition) is 1. The molecule has 1 aromatic carbocycles. The molecule has 2 unspecified atom stereocenters. The molecule has 0 spiro atoms. The average Bonchev–Trinajstić information content (AvgIpc) is 2.49. The van der Waals surface area contributed by atoms with Crippen molar-refractivity contribution < 1.29 is 23.8 Å². The van der Waals surface area contributed by atoms with E-state index < -0.39 is 29.8 Å². The molecule has 6 heteroatoms. The monoisotopic (exact) mass is 323 g/mol. The highest BCUT2D eigenvalue weighted by Gasteiger charge is 2.30. The van der Waals surface area contributed by atoms with Crippen LogP contribution >= 0.6 is 0 Å². The summed E-state index contributed by atoms with van der Waals surface area (Å²) in [4.78, 5) is 24.1. The Morgan fingerprint density at radius 3 is 2.30 bits per heavy atom. The molecule has 0 aliphatic carbocycles. The fraction of sp³-hybridized carbons (Fsp3) is 0.529. The molecule has 1 rings (SSSR count). The highest BCUT2D eigenvalue weighted by molar-refractivity contribution is 5.82. The normalized spacial score (nSPS) is 13.8. The van der Waals surface area contributed by atoms with E-state index in [0.717, 1.165) is 5.56 Å². The standard InChI is InChI=1S/C17H25NO5/c1-12(21-5)14(18-16(20)23-17(2,3)4)15(19)22-11-13-9-7-6-8-10-13/h6-10,12,14H,11H2,1-5H3,(H,18,20). The molecule has 6 nitrogen and oxygen atoms in total. The Balaban J connectivity index is 2.65. The van der Waals surface area contributed by atoms with Crippen LogP contribution in [0.4, 0.5) is 4.79 Å². The van der Waals surface area contributed by atoms with Gasteiger partial charge in [-0.1, -0.05) is 30.3 Å². The van der Waals surface area contributed by atoms with Gasteiger partial charge in [-0.05, 0) is 33.3 Å². The molecule has 0 heterocycles. The van der Waals surface area contributed by atoms with Crippen molar-refractivity contribution in [3.63, 3.8) is 0 Å². The zero-order valence-corrected chi connectivity index (χ0v) is 14.3. The topological polar surface area (TPSA) is 73.9 Å². The van der Waals surface area contributed by atoms with E-state index in [1.165, 1.54) is 7.11 Å². The first kappa shape index (κ1) is 19.0. The van der Waals surface area contributed by atoms with Crippen molar-refractivity contribution in [2.24, 2.45) is 0 Å². The molecular formula is C17H25NO5. The lowest BCUT2D eigenvalue weighted by molar-refractivity contribution is -0.151. The number of esters is 1. The molecular weight excluding hydrogens is 298 g/mol. The molecule has 2 atom stereocenters. The van der Waals surface area contributed by atoms with E-state index in [1.54, 1.807) is 27.7 Å². The van der Waals surface area contributed by atoms with Gasteiger partial charge in [-0.2, -0.15) is 0 Å². The summed E-state index contributed by atoms with van der Waals surface area (Å²) in [7, 11) is 1.46. The SMILES string of the molecule is COC(C)C(NC(=O)OC(C)(C)C)C(=O)OCc1ccccc1. The van der Waals surface area contributed by atoms with Gasteiger partial charge in [-0.25, -0.2) is 9.59 Å². The fourth-order valence-electron chi connectivity index (χ4n) is 1.76. The molecule has 0 radical (unpaired) electrons. The Morgan fingerprint density at radius 2 is 1.78 bits per heavy atom. The number of nitrogens with one attached hydrogen (secondary N) is 1. The van der Waals surface area contributed by atoms with E-state index in [4.69, 9.17) is 14.2 Å². The van der Waals surface area contributed by atoms with E-state index >= 15 is 0 Å². The largest absolute Gasteiger partial charge is 0.459 e. The van der Waals surface area contributed by atoms with E-state index in [2.05, 4.69) is 5.32 Å². The van der Waals surface area contributed by atoms with Gasteiger partial charge in [-0.3, -0.25) is 0 Å². The Kier molecular flexibility index (Phi) is 7.03. The van der Waals surface area contributed by atoms with Gasteiger partial charge in [0.25, 0.3) is 0 Å². The number of carbonyl (C=O) groups excluding carboxylic acids is 2. The Labute approximate surface area is 137 Å². The van der Waals surface area contributed by atoms with Crippen LogP contribution in [0, 0.1) is 0 Å². The van der Waals surface area contributed by atoms with Crippen molar-refractivity contribution in [1.82, 2.24) is 5.32 Å². The minimum Gasteiger partial charge on any atom is -0.459 e. The van der Waals surface area contributed by atoms with Gasteiger partial charge in [-0.15, -0.1) is 0 Å². The van der Waals surface area contributed by atoms with Gasteiger partial charge in [0, 0.05) is 7.11 Å². The minimum absolute atomic E-state index is 0.128. The highest BCUT2D eigenvalue weighted by atomic mass is 16.6. The van der Waals surface area contributed by atoms with Crippen LogP contribution in [0.5, 0.6) is 0 Å². The summed E-state index contributed by atoms with van der Waals surface area (Å²) in [6.45, 7) is 7.04. The van der Waals surface area contributed by atoms with Crippen LogP contribution in [0.25, 0.3) is 0 Å². The second-order valence-corrected chi connectivity index (χ2v) is 6.16. The predicted octanol–water partition coefficient (Wildman–Crippen LogP) is 2.66. The lowest BCUT2D eigenvalue weighted by Gasteiger charge is -2.25. The minimum atomic E-state index is -0.946. The molecule has 0 saturated carbocycles. The molecule has 0 saturated heterocycles. The molecule has 0 aromatic heterocycles. The van der Waals surface area contributed by atoms with Crippen molar-refractivity contribution in [2.75, 3.05) is 7.11 Å². The zero-order chi connectivity index (χ0) is 17.5. The van der Waals surface area contributed by atoms with Crippen LogP contribution in [0.1, 0.15) is 33.3 Å². The molecule has 0 bridgehead atoms. The molecule has 0 fully saturated rings. The predicted molar refractivity (Wildman–Crippen MR) is 85.9 cm³/mol. The molecule has 0 aliphatic rings. The van der Waals surface area contributed by atoms with E-state index in [9.17, 15) is 9.59 Å². The lowest BCUT2D eigenvalue weighted by atomic mass is 10.2. The van der Waals surface area contributed by atoms with Gasteiger partial charge in [0.2, 0.25) is 0 Å². The third-order valence-electron chi connectivity index (χ3n) is 2.99. The van der Waals surface area contributed by atoms with Crippen molar-refractivity contribution in [3.05, 3.63) is 35.9 Å². The number of methoxy groups -OCH3 is 1. The maximum Gasteiger partial charge on any atom is 0.408 e. The Morgan fingerprint density at radius 1 is 1.17 bits per heavy atom. The number of hydrogen-bond acceptors (Lipinski definition) is 5. The zero-order valence-electron chi connectivity index (χ0n) is 14.3. The maximum absolute atomic E-state index is 12.2. The van der Waals surface area contributed by atoms with Crippen LogP contribution in [0.2, 0.25) is 0 Å². The van der Waals surface area contributed by atoms with Gasteiger partial charge in [0.1, 0.15) is 12.2 Å². The van der Waals surface area contributed by atoms with E-state index in [1.807, 2.05) is 30.3 Å². The quantitative estimate of drug-likeness (QED) is 0.815. The molecule has 1 aromatic rings. The number of alkyl carbamates (subject to hydrolysis) is 1. The molecule has 128 valence electrons. The first-order valence-corrected chi connectivity index (χ1v) is 7.46. The Bertz CT molecular complexity index is 509. The highest BCUT2D eigenvalue weighted by Crippen LogP contribution is 2.09. The van der Waals surface area contributed by atoms with Crippen molar-refractivity contribution >= 4 is 12.1 Å². The fourth-order valence-corrected chi connectivity index (χ4v) is 1.76. The third-order valence-corrected chi connectivity index (χ3v) is 2.99. The Hall–Kier alpha value is -2.08. The molecule has 23 heavy (non-hydrogen) atoms. The maximum atomic E-state index is 12.2. The summed E-state index contributed by atoms with van der Waals surface area (Å²) in [5.41, 5.74) is 0.209. The smallest absolute Gasteiger partial charge is 0.408 e. The first-order valence-electron chi connectivity index (χ1n) is 7.46. The van der Waals surface area contributed by atoms with Gasteiger partial charge in [0.15, 0.2) is 6.04 Å². The summed E-state index contributed by atoms with van der Waals surface area (Å²) >= 11 is 0. The number of rotatable bonds is 6. The summed E-state index contributed by atoms with van der Waals surface area (Å²) in [5.74, 6) is -0.575. The van der Waals surface area contributed by atoms with Crippen LogP contribution in [0.15, 0.2) is 30.3 Å². The van der Waals surface area contributed by atoms with Crippen LogP contribution in [0.3, 0.4) is 0 Å². The van der Waals surface area contributed by atoms with Crippen molar-refractivity contribution in [2.45, 2.75) is 52.0 Å². The van der Waals surface area contributed by atoms with Crippen molar-refractivity contribution in [3.8, 4) is 0 Å². The summed E-state index contributed by atoms with van der Waals surface area (Å²) in [6, 6.07) is 8.35. The summed E-state index contributed by atoms with van der Waals surface area (Å²) in [5, 5.41) is 2.50. The lowest BCUT2D eigenvalue weighted by Crippen LogP contribution is -2.50. The molecule has 1 N–H and O–H groups in total. The average molecular weight is 323 g/mol. The van der Waals surface area contributed by atoms with Gasteiger partial charge >= 0.3 is 12.1 Å². The van der Waals surface area contributed by atoms with E-state index in [-0.39, 0.29) is 6.61 Å². The second kappa shape index (κ2) is 8.53. The number of carbonyl (C=O) groups is 2. The van der Waals surface area contributed by atoms with Crippen LogP contribution < -0.4 is 5.32 Å². The molecule has 0 aliphatic heterocycles. The second-order valence-electron chi connectivity index (χ2n) is 6.16. The number of ether oxygens (including phenoxy) is 3. The first-order chi connectivity index (χ1) is 10.7.